The second-order valence-corrected chi connectivity index (χ2v) is 8.03. The number of hydrogen-bond acceptors (Lipinski definition) is 5. The predicted octanol–water partition coefficient (Wildman–Crippen LogP) is 5.11. The summed E-state index contributed by atoms with van der Waals surface area (Å²) in [7, 11) is 0. The normalized spacial score (nSPS) is 12.2. The van der Waals surface area contributed by atoms with Gasteiger partial charge in [-0.25, -0.2) is 4.79 Å². The van der Waals surface area contributed by atoms with E-state index in [2.05, 4.69) is 23.5 Å². The molecule has 0 aliphatic heterocycles. The van der Waals surface area contributed by atoms with E-state index in [1.807, 2.05) is 43.3 Å². The molecule has 0 spiro atoms. The van der Waals surface area contributed by atoms with Gasteiger partial charge in [0.05, 0.1) is 0 Å². The number of oxime groups is 1. The Labute approximate surface area is 199 Å². The number of anilines is 1. The SMILES string of the molecule is CCCc1cc(CC)cc(C(Nc2ccc(/C(N)=N/O)cc2)C(=O)O)c1OCc1ccccc1. The van der Waals surface area contributed by atoms with Crippen LogP contribution in [0.25, 0.3) is 0 Å². The number of benzene rings is 3. The zero-order chi connectivity index (χ0) is 24.5. The Balaban J connectivity index is 2.01. The van der Waals surface area contributed by atoms with E-state index in [4.69, 9.17) is 15.7 Å². The second kappa shape index (κ2) is 11.7. The van der Waals surface area contributed by atoms with E-state index < -0.39 is 12.0 Å². The lowest BCUT2D eigenvalue weighted by Crippen LogP contribution is -2.22. The number of carbonyl (C=O) groups is 1. The predicted molar refractivity (Wildman–Crippen MR) is 134 cm³/mol. The minimum absolute atomic E-state index is 0.0159. The number of nitrogens with zero attached hydrogens (tertiary/aromatic N) is 1. The van der Waals surface area contributed by atoms with E-state index in [0.717, 1.165) is 36.0 Å². The van der Waals surface area contributed by atoms with Crippen LogP contribution in [-0.2, 0) is 24.2 Å². The number of aryl methyl sites for hydroxylation is 2. The summed E-state index contributed by atoms with van der Waals surface area (Å²) in [5.41, 5.74) is 10.4. The fourth-order valence-corrected chi connectivity index (χ4v) is 3.80. The summed E-state index contributed by atoms with van der Waals surface area (Å²) >= 11 is 0. The van der Waals surface area contributed by atoms with Crippen molar-refractivity contribution in [1.29, 1.82) is 0 Å². The van der Waals surface area contributed by atoms with E-state index in [1.165, 1.54) is 0 Å². The highest BCUT2D eigenvalue weighted by atomic mass is 16.5. The Morgan fingerprint density at radius 1 is 1.06 bits per heavy atom. The molecule has 0 aliphatic carbocycles. The maximum absolute atomic E-state index is 12.4. The second-order valence-electron chi connectivity index (χ2n) is 8.03. The lowest BCUT2D eigenvalue weighted by Gasteiger charge is -2.23. The van der Waals surface area contributed by atoms with Crippen molar-refractivity contribution in [3.05, 3.63) is 94.5 Å². The molecule has 0 saturated heterocycles. The fraction of sp³-hybridized carbons (Fsp3) is 0.259. The van der Waals surface area contributed by atoms with Crippen molar-refractivity contribution in [3.63, 3.8) is 0 Å². The summed E-state index contributed by atoms with van der Waals surface area (Å²) in [6.07, 6.45) is 2.48. The van der Waals surface area contributed by atoms with Crippen LogP contribution in [0.1, 0.15) is 54.1 Å². The van der Waals surface area contributed by atoms with Crippen LogP contribution in [-0.4, -0.2) is 22.1 Å². The molecule has 34 heavy (non-hydrogen) atoms. The van der Waals surface area contributed by atoms with Gasteiger partial charge in [0, 0.05) is 16.8 Å². The van der Waals surface area contributed by atoms with Crippen molar-refractivity contribution in [2.45, 2.75) is 45.8 Å². The van der Waals surface area contributed by atoms with E-state index in [0.29, 0.717) is 29.2 Å². The molecular formula is C27H31N3O4. The van der Waals surface area contributed by atoms with Gasteiger partial charge in [0.15, 0.2) is 11.9 Å². The Morgan fingerprint density at radius 3 is 2.35 bits per heavy atom. The van der Waals surface area contributed by atoms with E-state index in [-0.39, 0.29) is 5.84 Å². The number of rotatable bonds is 11. The quantitative estimate of drug-likeness (QED) is 0.136. The molecule has 3 rings (SSSR count). The molecule has 0 aromatic heterocycles. The molecule has 0 saturated carbocycles. The van der Waals surface area contributed by atoms with Crippen molar-refractivity contribution in [3.8, 4) is 5.75 Å². The first-order valence-corrected chi connectivity index (χ1v) is 11.4. The third-order valence-corrected chi connectivity index (χ3v) is 5.57. The fourth-order valence-electron chi connectivity index (χ4n) is 3.80. The Kier molecular flexibility index (Phi) is 8.51. The Hall–Kier alpha value is -4.00. The molecular weight excluding hydrogens is 430 g/mol. The molecule has 5 N–H and O–H groups in total. The highest BCUT2D eigenvalue weighted by Crippen LogP contribution is 2.35. The van der Waals surface area contributed by atoms with Crippen molar-refractivity contribution >= 4 is 17.5 Å². The average molecular weight is 462 g/mol. The van der Waals surface area contributed by atoms with Gasteiger partial charge in [-0.3, -0.25) is 0 Å². The van der Waals surface area contributed by atoms with Gasteiger partial charge in [0.2, 0.25) is 0 Å². The molecule has 7 nitrogen and oxygen atoms in total. The van der Waals surface area contributed by atoms with Gasteiger partial charge in [-0.05, 0) is 59.9 Å². The van der Waals surface area contributed by atoms with Gasteiger partial charge in [-0.15, -0.1) is 0 Å². The number of amidine groups is 1. The molecule has 1 unspecified atom stereocenters. The van der Waals surface area contributed by atoms with Crippen LogP contribution in [0.15, 0.2) is 71.9 Å². The maximum atomic E-state index is 12.4. The first kappa shape index (κ1) is 24.6. The van der Waals surface area contributed by atoms with Gasteiger partial charge in [-0.2, -0.15) is 0 Å². The number of hydrogen-bond donors (Lipinski definition) is 4. The molecule has 0 radical (unpaired) electrons. The molecule has 1 atom stereocenters. The highest BCUT2D eigenvalue weighted by Gasteiger charge is 2.26. The summed E-state index contributed by atoms with van der Waals surface area (Å²) in [5.74, 6) is -0.422. The Bertz CT molecular complexity index is 1130. The first-order valence-electron chi connectivity index (χ1n) is 11.4. The molecule has 0 bridgehead atoms. The lowest BCUT2D eigenvalue weighted by atomic mass is 9.95. The molecule has 7 heteroatoms. The van der Waals surface area contributed by atoms with Crippen molar-refractivity contribution in [1.82, 2.24) is 0 Å². The van der Waals surface area contributed by atoms with Crippen LogP contribution in [0.4, 0.5) is 5.69 Å². The van der Waals surface area contributed by atoms with Crippen LogP contribution in [0.5, 0.6) is 5.75 Å². The zero-order valence-corrected chi connectivity index (χ0v) is 19.5. The molecule has 3 aromatic rings. The summed E-state index contributed by atoms with van der Waals surface area (Å²) < 4.78 is 6.28. The van der Waals surface area contributed by atoms with Crippen molar-refractivity contribution in [2.24, 2.45) is 10.9 Å². The summed E-state index contributed by atoms with van der Waals surface area (Å²) in [6.45, 7) is 4.49. The lowest BCUT2D eigenvalue weighted by molar-refractivity contribution is -0.138. The molecule has 0 aliphatic rings. The number of nitrogens with one attached hydrogen (secondary N) is 1. The van der Waals surface area contributed by atoms with Gasteiger partial charge in [0.1, 0.15) is 12.4 Å². The molecule has 0 amide bonds. The van der Waals surface area contributed by atoms with Crippen LogP contribution >= 0.6 is 0 Å². The smallest absolute Gasteiger partial charge is 0.330 e. The van der Waals surface area contributed by atoms with Crippen LogP contribution in [0.3, 0.4) is 0 Å². The largest absolute Gasteiger partial charge is 0.488 e. The van der Waals surface area contributed by atoms with E-state index >= 15 is 0 Å². The number of carboxylic acids is 1. The number of ether oxygens (including phenoxy) is 1. The van der Waals surface area contributed by atoms with Gasteiger partial charge in [0.25, 0.3) is 0 Å². The van der Waals surface area contributed by atoms with Gasteiger partial charge in [-0.1, -0.05) is 61.8 Å². The van der Waals surface area contributed by atoms with Crippen LogP contribution in [0, 0.1) is 0 Å². The average Bonchev–Trinajstić information content (AvgIpc) is 2.86. The monoisotopic (exact) mass is 461 g/mol. The third kappa shape index (κ3) is 6.07. The summed E-state index contributed by atoms with van der Waals surface area (Å²) in [4.78, 5) is 12.4. The van der Waals surface area contributed by atoms with Gasteiger partial charge >= 0.3 is 5.97 Å². The minimum atomic E-state index is -1.03. The molecule has 0 heterocycles. The minimum Gasteiger partial charge on any atom is -0.488 e. The summed E-state index contributed by atoms with van der Waals surface area (Å²) in [5, 5.41) is 25.1. The number of aliphatic carboxylic acids is 1. The highest BCUT2D eigenvalue weighted by molar-refractivity contribution is 5.97. The van der Waals surface area contributed by atoms with Crippen molar-refractivity contribution < 1.29 is 19.8 Å². The number of nitrogens with two attached hydrogens (primary N) is 1. The van der Waals surface area contributed by atoms with Crippen molar-refractivity contribution in [2.75, 3.05) is 5.32 Å². The third-order valence-electron chi connectivity index (χ3n) is 5.57. The summed E-state index contributed by atoms with van der Waals surface area (Å²) in [6, 6.07) is 19.5. The zero-order valence-electron chi connectivity index (χ0n) is 19.5. The van der Waals surface area contributed by atoms with Crippen LogP contribution < -0.4 is 15.8 Å². The molecule has 178 valence electrons. The molecule has 3 aromatic carbocycles. The van der Waals surface area contributed by atoms with Gasteiger partial charge < -0.3 is 26.1 Å². The van der Waals surface area contributed by atoms with Crippen LogP contribution in [0.2, 0.25) is 0 Å². The topological polar surface area (TPSA) is 117 Å². The first-order chi connectivity index (χ1) is 16.5. The maximum Gasteiger partial charge on any atom is 0.330 e. The molecule has 0 fully saturated rings. The van der Waals surface area contributed by atoms with E-state index in [9.17, 15) is 9.90 Å². The van der Waals surface area contributed by atoms with E-state index in [1.54, 1.807) is 24.3 Å². The Morgan fingerprint density at radius 2 is 1.76 bits per heavy atom. The standard InChI is InChI=1S/C27H31N3O4/c1-3-8-21-15-18(4-2)16-23(25(21)34-17-19-9-6-5-7-10-19)24(27(31)32)29-22-13-11-20(12-14-22)26(28)30-33/h5-7,9-16,24,29,33H,3-4,8,17H2,1-2H3,(H2,28,30)(H,31,32). The number of carboxylic acid groups (broad SMARTS) is 1.